The fourth-order valence-electron chi connectivity index (χ4n) is 3.00. The van der Waals surface area contributed by atoms with Crippen LogP contribution in [0.3, 0.4) is 0 Å². The molecule has 1 atom stereocenters. The topological polar surface area (TPSA) is 49.4 Å². The van der Waals surface area contributed by atoms with E-state index in [0.29, 0.717) is 12.8 Å². The van der Waals surface area contributed by atoms with E-state index in [-0.39, 0.29) is 17.7 Å². The molecule has 1 aliphatic heterocycles. The zero-order valence-corrected chi connectivity index (χ0v) is 12.3. The molecule has 1 saturated carbocycles. The van der Waals surface area contributed by atoms with Crippen LogP contribution in [0.4, 0.5) is 13.2 Å². The number of hydrogen-bond donors (Lipinski definition) is 1. The average Bonchev–Trinajstić information content (AvgIpc) is 3.22. The minimum atomic E-state index is -4.33. The van der Waals surface area contributed by atoms with Crippen LogP contribution in [0.15, 0.2) is 0 Å². The molecule has 2 amide bonds. The van der Waals surface area contributed by atoms with Crippen molar-refractivity contribution in [3.63, 3.8) is 0 Å². The van der Waals surface area contributed by atoms with Gasteiger partial charge in [0.05, 0.1) is 6.42 Å². The first-order valence-corrected chi connectivity index (χ1v) is 7.44. The van der Waals surface area contributed by atoms with Gasteiger partial charge in [0.25, 0.3) is 0 Å². The lowest BCUT2D eigenvalue weighted by atomic mass is 9.86. The molecular formula is C14H21F3N2O2. The van der Waals surface area contributed by atoms with E-state index in [9.17, 15) is 22.8 Å². The second-order valence-electron chi connectivity index (χ2n) is 5.92. The Labute approximate surface area is 122 Å². The summed E-state index contributed by atoms with van der Waals surface area (Å²) in [6.45, 7) is 3.10. The first-order valence-electron chi connectivity index (χ1n) is 7.44. The van der Waals surface area contributed by atoms with E-state index >= 15 is 0 Å². The maximum absolute atomic E-state index is 12.7. The number of carbonyl (C=O) groups excluding carboxylic acids is 2. The predicted octanol–water partition coefficient (Wildman–Crippen LogP) is 2.23. The summed E-state index contributed by atoms with van der Waals surface area (Å²) in [7, 11) is 0. The van der Waals surface area contributed by atoms with E-state index < -0.39 is 30.7 Å². The van der Waals surface area contributed by atoms with Gasteiger partial charge in [-0.2, -0.15) is 13.2 Å². The van der Waals surface area contributed by atoms with E-state index in [1.165, 1.54) is 4.90 Å². The van der Waals surface area contributed by atoms with Crippen LogP contribution in [0.2, 0.25) is 0 Å². The van der Waals surface area contributed by atoms with Gasteiger partial charge in [0.2, 0.25) is 11.8 Å². The van der Waals surface area contributed by atoms with Gasteiger partial charge in [-0.25, -0.2) is 0 Å². The Hall–Kier alpha value is -1.27. The molecule has 4 nitrogen and oxygen atoms in total. The third-order valence-electron chi connectivity index (χ3n) is 4.55. The van der Waals surface area contributed by atoms with Gasteiger partial charge in [0.1, 0.15) is 11.6 Å². The molecule has 120 valence electrons. The summed E-state index contributed by atoms with van der Waals surface area (Å²) >= 11 is 0. The van der Waals surface area contributed by atoms with Crippen LogP contribution in [0, 0.1) is 5.92 Å². The molecule has 1 unspecified atom stereocenters. The summed E-state index contributed by atoms with van der Waals surface area (Å²) in [5.41, 5.74) is -1.05. The minimum absolute atomic E-state index is 0.00824. The number of alkyl halides is 3. The van der Waals surface area contributed by atoms with Gasteiger partial charge in [-0.3, -0.25) is 9.59 Å². The highest BCUT2D eigenvalue weighted by Crippen LogP contribution is 2.39. The maximum atomic E-state index is 12.7. The second-order valence-corrected chi connectivity index (χ2v) is 5.92. The number of halogens is 3. The first-order chi connectivity index (χ1) is 9.74. The second kappa shape index (κ2) is 5.50. The fraction of sp³-hybridized carbons (Fsp3) is 0.857. The van der Waals surface area contributed by atoms with Crippen molar-refractivity contribution in [1.82, 2.24) is 10.2 Å². The van der Waals surface area contributed by atoms with Crippen molar-refractivity contribution in [3.05, 3.63) is 0 Å². The van der Waals surface area contributed by atoms with Gasteiger partial charge in [-0.15, -0.1) is 0 Å². The SMILES string of the molecule is CCC1(CC)NC(=O)C(C2CC2)N(CCC(F)(F)F)C1=O. The van der Waals surface area contributed by atoms with E-state index in [0.717, 1.165) is 12.8 Å². The van der Waals surface area contributed by atoms with E-state index in [2.05, 4.69) is 5.32 Å². The third-order valence-corrected chi connectivity index (χ3v) is 4.55. The molecule has 2 fully saturated rings. The van der Waals surface area contributed by atoms with Crippen LogP contribution in [0.1, 0.15) is 46.0 Å². The van der Waals surface area contributed by atoms with Gasteiger partial charge in [0.15, 0.2) is 0 Å². The summed E-state index contributed by atoms with van der Waals surface area (Å²) in [5, 5.41) is 2.77. The molecule has 1 N–H and O–H groups in total. The van der Waals surface area contributed by atoms with Crippen LogP contribution >= 0.6 is 0 Å². The highest BCUT2D eigenvalue weighted by molar-refractivity contribution is 6.00. The number of amides is 2. The highest BCUT2D eigenvalue weighted by Gasteiger charge is 2.53. The van der Waals surface area contributed by atoms with E-state index in [1.54, 1.807) is 13.8 Å². The number of rotatable bonds is 5. The number of piperazine rings is 1. The van der Waals surface area contributed by atoms with Crippen molar-refractivity contribution in [2.24, 2.45) is 5.92 Å². The lowest BCUT2D eigenvalue weighted by Gasteiger charge is -2.45. The maximum Gasteiger partial charge on any atom is 0.390 e. The Bertz CT molecular complexity index is 428. The van der Waals surface area contributed by atoms with Gasteiger partial charge >= 0.3 is 6.18 Å². The minimum Gasteiger partial charge on any atom is -0.340 e. The van der Waals surface area contributed by atoms with Crippen LogP contribution < -0.4 is 5.32 Å². The van der Waals surface area contributed by atoms with Gasteiger partial charge < -0.3 is 10.2 Å². The Balaban J connectivity index is 2.24. The molecule has 0 radical (unpaired) electrons. The van der Waals surface area contributed by atoms with Gasteiger partial charge in [-0.05, 0) is 31.6 Å². The lowest BCUT2D eigenvalue weighted by molar-refractivity contribution is -0.163. The normalized spacial score (nSPS) is 26.0. The quantitative estimate of drug-likeness (QED) is 0.847. The Morgan fingerprint density at radius 2 is 1.81 bits per heavy atom. The van der Waals surface area contributed by atoms with Gasteiger partial charge in [0, 0.05) is 6.54 Å². The van der Waals surface area contributed by atoms with Gasteiger partial charge in [-0.1, -0.05) is 13.8 Å². The van der Waals surface area contributed by atoms with Crippen LogP contribution in [-0.2, 0) is 9.59 Å². The van der Waals surface area contributed by atoms with Crippen molar-refractivity contribution in [2.45, 2.75) is 63.7 Å². The standard InChI is InChI=1S/C14H21F3N2O2/c1-3-13(4-2)12(21)19(8-7-14(15,16)17)10(9-5-6-9)11(20)18-13/h9-10H,3-8H2,1-2H3,(H,18,20). The number of carbonyl (C=O) groups is 2. The van der Waals surface area contributed by atoms with Crippen LogP contribution in [-0.4, -0.2) is 41.0 Å². The molecule has 2 rings (SSSR count). The van der Waals surface area contributed by atoms with Crippen molar-refractivity contribution in [3.8, 4) is 0 Å². The van der Waals surface area contributed by atoms with Crippen molar-refractivity contribution < 1.29 is 22.8 Å². The summed E-state index contributed by atoms with van der Waals surface area (Å²) in [4.78, 5) is 26.1. The van der Waals surface area contributed by atoms with Crippen LogP contribution in [0.25, 0.3) is 0 Å². The Kier molecular flexibility index (Phi) is 4.22. The Morgan fingerprint density at radius 3 is 2.24 bits per heavy atom. The van der Waals surface area contributed by atoms with E-state index in [4.69, 9.17) is 0 Å². The fourth-order valence-corrected chi connectivity index (χ4v) is 3.00. The molecular weight excluding hydrogens is 285 g/mol. The zero-order valence-electron chi connectivity index (χ0n) is 12.3. The highest BCUT2D eigenvalue weighted by atomic mass is 19.4. The molecule has 0 aromatic rings. The lowest BCUT2D eigenvalue weighted by Crippen LogP contribution is -2.70. The third kappa shape index (κ3) is 3.16. The molecule has 1 aliphatic carbocycles. The molecule has 0 aromatic carbocycles. The number of nitrogens with zero attached hydrogens (tertiary/aromatic N) is 1. The van der Waals surface area contributed by atoms with Crippen molar-refractivity contribution in [2.75, 3.05) is 6.54 Å². The monoisotopic (exact) mass is 306 g/mol. The molecule has 0 aromatic heterocycles. The summed E-state index contributed by atoms with van der Waals surface area (Å²) in [6, 6.07) is -0.730. The van der Waals surface area contributed by atoms with E-state index in [1.807, 2.05) is 0 Å². The number of nitrogens with one attached hydrogen (secondary N) is 1. The smallest absolute Gasteiger partial charge is 0.340 e. The summed E-state index contributed by atoms with van der Waals surface area (Å²) < 4.78 is 37.5. The molecule has 21 heavy (non-hydrogen) atoms. The molecule has 7 heteroatoms. The molecule has 0 bridgehead atoms. The summed E-state index contributed by atoms with van der Waals surface area (Å²) in [5.74, 6) is -0.662. The first kappa shape index (κ1) is 16.1. The Morgan fingerprint density at radius 1 is 1.24 bits per heavy atom. The van der Waals surface area contributed by atoms with Crippen LogP contribution in [0.5, 0.6) is 0 Å². The average molecular weight is 306 g/mol. The number of hydrogen-bond acceptors (Lipinski definition) is 2. The van der Waals surface area contributed by atoms with Crippen molar-refractivity contribution >= 4 is 11.8 Å². The summed E-state index contributed by atoms with van der Waals surface area (Å²) in [6.07, 6.45) is -3.05. The predicted molar refractivity (Wildman–Crippen MR) is 70.4 cm³/mol. The van der Waals surface area contributed by atoms with Crippen molar-refractivity contribution in [1.29, 1.82) is 0 Å². The largest absolute Gasteiger partial charge is 0.390 e. The molecule has 0 spiro atoms. The molecule has 2 aliphatic rings. The molecule has 1 heterocycles. The zero-order chi connectivity index (χ0) is 15.8. The molecule has 1 saturated heterocycles.